The Morgan fingerprint density at radius 1 is 1.33 bits per heavy atom. The van der Waals surface area contributed by atoms with Crippen LogP contribution in [0.1, 0.15) is 37.6 Å². The second-order valence-electron chi connectivity index (χ2n) is 5.47. The van der Waals surface area contributed by atoms with Gasteiger partial charge in [-0.1, -0.05) is 25.1 Å². The van der Waals surface area contributed by atoms with E-state index in [1.54, 1.807) is 0 Å². The van der Waals surface area contributed by atoms with Crippen LogP contribution in [0, 0.1) is 0 Å². The normalized spacial score (nSPS) is 18.7. The first kappa shape index (κ1) is 14.7. The Hall–Kier alpha value is -1.26. The largest absolute Gasteiger partial charge is 0.308 e. The molecule has 0 fully saturated rings. The Labute approximate surface area is 131 Å². The van der Waals surface area contributed by atoms with Crippen LogP contribution in [0.4, 0.5) is 0 Å². The standard InChI is InChI=1S/C17H23N3S/c1-3-10-18-17(14-9-11-19-20(14)4-2)16-12-13-7-5-6-8-15(13)21-16/h5-9,11,16-18H,3-4,10,12H2,1-2H3. The Morgan fingerprint density at radius 2 is 2.19 bits per heavy atom. The van der Waals surface area contributed by atoms with E-state index in [9.17, 15) is 0 Å². The zero-order chi connectivity index (χ0) is 14.7. The van der Waals surface area contributed by atoms with E-state index in [1.807, 2.05) is 18.0 Å². The monoisotopic (exact) mass is 301 g/mol. The molecular formula is C17H23N3S. The van der Waals surface area contributed by atoms with Gasteiger partial charge < -0.3 is 5.32 Å². The van der Waals surface area contributed by atoms with Crippen LogP contribution in [0.25, 0.3) is 0 Å². The summed E-state index contributed by atoms with van der Waals surface area (Å²) in [5, 5.41) is 8.75. The second kappa shape index (κ2) is 6.67. The number of thioether (sulfide) groups is 1. The maximum absolute atomic E-state index is 4.45. The molecule has 112 valence electrons. The minimum atomic E-state index is 0.366. The van der Waals surface area contributed by atoms with Crippen LogP contribution in [0.15, 0.2) is 41.4 Å². The molecule has 0 bridgehead atoms. The molecule has 2 aromatic rings. The van der Waals surface area contributed by atoms with E-state index in [0.717, 1.165) is 25.9 Å². The fraction of sp³-hybridized carbons (Fsp3) is 0.471. The molecule has 1 aromatic carbocycles. The summed E-state index contributed by atoms with van der Waals surface area (Å²) in [6.45, 7) is 6.35. The minimum Gasteiger partial charge on any atom is -0.308 e. The number of fused-ring (bicyclic) bond motifs is 1. The van der Waals surface area contributed by atoms with Crippen LogP contribution in [-0.4, -0.2) is 21.6 Å². The van der Waals surface area contributed by atoms with Crippen molar-refractivity contribution in [3.05, 3.63) is 47.8 Å². The third-order valence-corrected chi connectivity index (χ3v) is 5.42. The zero-order valence-corrected chi connectivity index (χ0v) is 13.6. The summed E-state index contributed by atoms with van der Waals surface area (Å²) < 4.78 is 2.12. The van der Waals surface area contributed by atoms with Gasteiger partial charge in [-0.2, -0.15) is 5.10 Å². The van der Waals surface area contributed by atoms with Crippen LogP contribution in [0.3, 0.4) is 0 Å². The summed E-state index contributed by atoms with van der Waals surface area (Å²) >= 11 is 2.01. The molecule has 1 aliphatic heterocycles. The summed E-state index contributed by atoms with van der Waals surface area (Å²) in [7, 11) is 0. The van der Waals surface area contributed by atoms with Crippen molar-refractivity contribution in [1.82, 2.24) is 15.1 Å². The molecule has 0 radical (unpaired) electrons. The van der Waals surface area contributed by atoms with E-state index >= 15 is 0 Å². The highest BCUT2D eigenvalue weighted by Gasteiger charge is 2.31. The van der Waals surface area contributed by atoms with Gasteiger partial charge in [-0.15, -0.1) is 11.8 Å². The highest BCUT2D eigenvalue weighted by Crippen LogP contribution is 2.42. The number of aryl methyl sites for hydroxylation is 1. The lowest BCUT2D eigenvalue weighted by atomic mass is 10.0. The molecule has 0 saturated carbocycles. The quantitative estimate of drug-likeness (QED) is 0.883. The van der Waals surface area contributed by atoms with Gasteiger partial charge >= 0.3 is 0 Å². The average Bonchev–Trinajstić information content (AvgIpc) is 3.14. The number of benzene rings is 1. The number of nitrogens with zero attached hydrogens (tertiary/aromatic N) is 2. The molecule has 0 amide bonds. The first-order valence-electron chi connectivity index (χ1n) is 7.83. The van der Waals surface area contributed by atoms with Crippen LogP contribution in [-0.2, 0) is 13.0 Å². The van der Waals surface area contributed by atoms with Crippen LogP contribution in [0.2, 0.25) is 0 Å². The van der Waals surface area contributed by atoms with Gasteiger partial charge in [-0.3, -0.25) is 4.68 Å². The third-order valence-electron chi connectivity index (χ3n) is 4.03. The van der Waals surface area contributed by atoms with Gasteiger partial charge in [0.05, 0.1) is 11.7 Å². The van der Waals surface area contributed by atoms with Gasteiger partial charge in [0.2, 0.25) is 0 Å². The smallest absolute Gasteiger partial charge is 0.0619 e. The Bertz CT molecular complexity index is 568. The molecule has 1 N–H and O–H groups in total. The van der Waals surface area contributed by atoms with Crippen molar-refractivity contribution in [3.8, 4) is 0 Å². The van der Waals surface area contributed by atoms with E-state index in [0.29, 0.717) is 11.3 Å². The topological polar surface area (TPSA) is 29.9 Å². The molecule has 1 aliphatic rings. The van der Waals surface area contributed by atoms with E-state index in [-0.39, 0.29) is 0 Å². The first-order valence-corrected chi connectivity index (χ1v) is 8.71. The lowest BCUT2D eigenvalue weighted by Gasteiger charge is -2.25. The first-order chi connectivity index (χ1) is 10.3. The van der Waals surface area contributed by atoms with E-state index in [2.05, 4.69) is 59.3 Å². The van der Waals surface area contributed by atoms with Gasteiger partial charge in [0.25, 0.3) is 0 Å². The van der Waals surface area contributed by atoms with Crippen molar-refractivity contribution in [2.24, 2.45) is 0 Å². The maximum Gasteiger partial charge on any atom is 0.0619 e. The number of rotatable bonds is 6. The molecule has 3 rings (SSSR count). The highest BCUT2D eigenvalue weighted by atomic mass is 32.2. The molecule has 4 heteroatoms. The molecular weight excluding hydrogens is 278 g/mol. The summed E-state index contributed by atoms with van der Waals surface area (Å²) in [6, 6.07) is 11.3. The highest BCUT2D eigenvalue weighted by molar-refractivity contribution is 8.00. The minimum absolute atomic E-state index is 0.366. The molecule has 2 heterocycles. The van der Waals surface area contributed by atoms with Gasteiger partial charge in [-0.25, -0.2) is 0 Å². The van der Waals surface area contributed by atoms with E-state index < -0.39 is 0 Å². The van der Waals surface area contributed by atoms with Gasteiger partial charge in [0.1, 0.15) is 0 Å². The molecule has 0 saturated heterocycles. The summed E-state index contributed by atoms with van der Waals surface area (Å²) in [6.07, 6.45) is 4.21. The predicted molar refractivity (Wildman–Crippen MR) is 88.7 cm³/mol. The van der Waals surface area contributed by atoms with E-state index in [1.165, 1.54) is 16.2 Å². The third kappa shape index (κ3) is 3.01. The van der Waals surface area contributed by atoms with Gasteiger partial charge in [-0.05, 0) is 44.0 Å². The van der Waals surface area contributed by atoms with Crippen molar-refractivity contribution in [1.29, 1.82) is 0 Å². The van der Waals surface area contributed by atoms with Gasteiger partial charge in [0.15, 0.2) is 0 Å². The molecule has 1 aromatic heterocycles. The van der Waals surface area contributed by atoms with Crippen molar-refractivity contribution < 1.29 is 0 Å². The SMILES string of the molecule is CCCNC(c1ccnn1CC)C1Cc2ccccc2S1. The fourth-order valence-corrected chi connectivity index (χ4v) is 4.41. The summed E-state index contributed by atoms with van der Waals surface area (Å²) in [4.78, 5) is 1.44. The van der Waals surface area contributed by atoms with Crippen molar-refractivity contribution in [2.75, 3.05) is 6.54 Å². The van der Waals surface area contributed by atoms with Crippen LogP contribution < -0.4 is 5.32 Å². The van der Waals surface area contributed by atoms with Crippen molar-refractivity contribution in [3.63, 3.8) is 0 Å². The predicted octanol–water partition coefficient (Wildman–Crippen LogP) is 3.66. The number of hydrogen-bond acceptors (Lipinski definition) is 3. The van der Waals surface area contributed by atoms with Crippen molar-refractivity contribution in [2.45, 2.75) is 49.4 Å². The zero-order valence-electron chi connectivity index (χ0n) is 12.7. The molecule has 2 atom stereocenters. The van der Waals surface area contributed by atoms with Crippen molar-refractivity contribution >= 4 is 11.8 Å². The molecule has 21 heavy (non-hydrogen) atoms. The second-order valence-corrected chi connectivity index (χ2v) is 6.75. The Balaban J connectivity index is 1.84. The lowest BCUT2D eigenvalue weighted by molar-refractivity contribution is 0.468. The summed E-state index contributed by atoms with van der Waals surface area (Å²) in [5.74, 6) is 0. The van der Waals surface area contributed by atoms with Crippen LogP contribution >= 0.6 is 11.8 Å². The molecule has 2 unspecified atom stereocenters. The lowest BCUT2D eigenvalue weighted by Crippen LogP contribution is -2.32. The number of aromatic nitrogens is 2. The fourth-order valence-electron chi connectivity index (χ4n) is 2.99. The molecule has 0 aliphatic carbocycles. The maximum atomic E-state index is 4.45. The Kier molecular flexibility index (Phi) is 4.66. The summed E-state index contributed by atoms with van der Waals surface area (Å²) in [5.41, 5.74) is 2.80. The Morgan fingerprint density at radius 3 is 2.95 bits per heavy atom. The number of hydrogen-bond donors (Lipinski definition) is 1. The average molecular weight is 301 g/mol. The van der Waals surface area contributed by atoms with Crippen LogP contribution in [0.5, 0.6) is 0 Å². The number of nitrogens with one attached hydrogen (secondary N) is 1. The molecule has 3 nitrogen and oxygen atoms in total. The van der Waals surface area contributed by atoms with E-state index in [4.69, 9.17) is 0 Å². The molecule has 0 spiro atoms. The van der Waals surface area contributed by atoms with Gasteiger partial charge in [0, 0.05) is 22.9 Å².